The maximum atomic E-state index is 13.0. The third-order valence-electron chi connectivity index (χ3n) is 3.69. The van der Waals surface area contributed by atoms with Gasteiger partial charge >= 0.3 is 5.97 Å². The first-order chi connectivity index (χ1) is 11.9. The summed E-state index contributed by atoms with van der Waals surface area (Å²) >= 11 is 0. The van der Waals surface area contributed by atoms with Gasteiger partial charge in [-0.2, -0.15) is 0 Å². The summed E-state index contributed by atoms with van der Waals surface area (Å²) in [5.74, 6) is -0.703. The Balaban J connectivity index is 2.29. The molecule has 0 aliphatic carbocycles. The van der Waals surface area contributed by atoms with Crippen molar-refractivity contribution < 1.29 is 13.9 Å². The van der Waals surface area contributed by atoms with Gasteiger partial charge in [-0.25, -0.2) is 4.39 Å². The molecule has 0 amide bonds. The van der Waals surface area contributed by atoms with E-state index in [1.807, 2.05) is 4.90 Å². The quantitative estimate of drug-likeness (QED) is 0.471. The number of hydrogen-bond acceptors (Lipinski definition) is 6. The molecule has 0 aliphatic heterocycles. The standard InChI is InChI=1S/C18H20FN3O3/c1-3-25-17(23)10-13-8-15(21-24)18(20)16(9-13)22(2)11-12-4-6-14(19)7-5-12/h4-9H,3,10-11,20H2,1-2H3. The van der Waals surface area contributed by atoms with Crippen LogP contribution in [0.15, 0.2) is 41.6 Å². The average molecular weight is 345 g/mol. The zero-order valence-corrected chi connectivity index (χ0v) is 14.2. The molecule has 132 valence electrons. The Labute approximate surface area is 145 Å². The zero-order chi connectivity index (χ0) is 18.4. The van der Waals surface area contributed by atoms with Crippen LogP contribution < -0.4 is 10.6 Å². The highest BCUT2D eigenvalue weighted by molar-refractivity contribution is 5.82. The number of carbonyl (C=O) groups excluding carboxylic acids is 1. The van der Waals surface area contributed by atoms with Gasteiger partial charge < -0.3 is 15.4 Å². The zero-order valence-electron chi connectivity index (χ0n) is 14.2. The molecule has 7 heteroatoms. The van der Waals surface area contributed by atoms with Crippen molar-refractivity contribution >= 4 is 23.0 Å². The first kappa shape index (κ1) is 18.4. The first-order valence-corrected chi connectivity index (χ1v) is 7.81. The molecular formula is C18H20FN3O3. The SMILES string of the molecule is CCOC(=O)Cc1cc(N=O)c(N)c(N(C)Cc2ccc(F)cc2)c1. The third kappa shape index (κ3) is 4.76. The number of nitroso groups, excluding NO2 is 1. The van der Waals surface area contributed by atoms with Gasteiger partial charge in [0.1, 0.15) is 11.5 Å². The van der Waals surface area contributed by atoms with E-state index in [0.29, 0.717) is 17.8 Å². The van der Waals surface area contributed by atoms with Crippen molar-refractivity contribution in [1.29, 1.82) is 0 Å². The minimum atomic E-state index is -0.392. The van der Waals surface area contributed by atoms with E-state index < -0.39 is 5.97 Å². The van der Waals surface area contributed by atoms with Crippen LogP contribution in [-0.4, -0.2) is 19.6 Å². The van der Waals surface area contributed by atoms with Crippen LogP contribution in [-0.2, 0) is 22.5 Å². The lowest BCUT2D eigenvalue weighted by Crippen LogP contribution is -2.18. The smallest absolute Gasteiger partial charge is 0.310 e. The minimum Gasteiger partial charge on any atom is -0.466 e. The predicted molar refractivity (Wildman–Crippen MR) is 95.2 cm³/mol. The van der Waals surface area contributed by atoms with Gasteiger partial charge in [-0.05, 0) is 47.5 Å². The van der Waals surface area contributed by atoms with Gasteiger partial charge in [0.25, 0.3) is 0 Å². The van der Waals surface area contributed by atoms with Crippen LogP contribution in [0.5, 0.6) is 0 Å². The number of ether oxygens (including phenoxy) is 1. The van der Waals surface area contributed by atoms with E-state index in [1.165, 1.54) is 18.2 Å². The van der Waals surface area contributed by atoms with Crippen molar-refractivity contribution in [2.75, 3.05) is 24.3 Å². The molecule has 0 aliphatic rings. The van der Waals surface area contributed by atoms with Gasteiger partial charge in [0.2, 0.25) is 0 Å². The van der Waals surface area contributed by atoms with E-state index in [-0.39, 0.29) is 30.2 Å². The van der Waals surface area contributed by atoms with E-state index in [1.54, 1.807) is 32.2 Å². The number of nitrogens with two attached hydrogens (primary N) is 1. The summed E-state index contributed by atoms with van der Waals surface area (Å²) in [7, 11) is 1.79. The highest BCUT2D eigenvalue weighted by atomic mass is 19.1. The molecule has 6 nitrogen and oxygen atoms in total. The first-order valence-electron chi connectivity index (χ1n) is 7.81. The maximum Gasteiger partial charge on any atom is 0.310 e. The van der Waals surface area contributed by atoms with E-state index >= 15 is 0 Å². The fraction of sp³-hybridized carbons (Fsp3) is 0.278. The molecule has 0 spiro atoms. The molecular weight excluding hydrogens is 325 g/mol. The van der Waals surface area contributed by atoms with Crippen molar-refractivity contribution in [1.82, 2.24) is 0 Å². The van der Waals surface area contributed by atoms with Gasteiger partial charge in [-0.15, -0.1) is 4.91 Å². The molecule has 2 N–H and O–H groups in total. The van der Waals surface area contributed by atoms with Crippen LogP contribution in [0, 0.1) is 10.7 Å². The van der Waals surface area contributed by atoms with Crippen LogP contribution in [0.4, 0.5) is 21.5 Å². The summed E-state index contributed by atoms with van der Waals surface area (Å²) < 4.78 is 18.0. The van der Waals surface area contributed by atoms with Crippen molar-refractivity contribution in [3.8, 4) is 0 Å². The van der Waals surface area contributed by atoms with Crippen molar-refractivity contribution in [3.63, 3.8) is 0 Å². The maximum absolute atomic E-state index is 13.0. The number of nitrogen functional groups attached to an aromatic ring is 1. The summed E-state index contributed by atoms with van der Waals surface area (Å²) in [6, 6.07) is 9.30. The molecule has 0 atom stereocenters. The average Bonchev–Trinajstić information content (AvgIpc) is 2.58. The second-order valence-corrected chi connectivity index (χ2v) is 5.60. The van der Waals surface area contributed by atoms with Gasteiger partial charge in [-0.3, -0.25) is 4.79 Å². The summed E-state index contributed by atoms with van der Waals surface area (Å²) in [5, 5.41) is 2.94. The molecule has 0 aromatic heterocycles. The minimum absolute atomic E-state index is 0.0219. The van der Waals surface area contributed by atoms with Gasteiger partial charge in [0.15, 0.2) is 0 Å². The lowest BCUT2D eigenvalue weighted by Gasteiger charge is -2.22. The molecule has 0 saturated carbocycles. The number of anilines is 2. The molecule has 25 heavy (non-hydrogen) atoms. The van der Waals surface area contributed by atoms with E-state index in [0.717, 1.165) is 5.56 Å². The molecule has 0 saturated heterocycles. The Bertz CT molecular complexity index is 763. The van der Waals surface area contributed by atoms with Gasteiger partial charge in [-0.1, -0.05) is 12.1 Å². The molecule has 2 aromatic rings. The molecule has 0 unspecified atom stereocenters. The van der Waals surface area contributed by atoms with Gasteiger partial charge in [0, 0.05) is 13.6 Å². The van der Waals surface area contributed by atoms with E-state index in [4.69, 9.17) is 10.5 Å². The fourth-order valence-corrected chi connectivity index (χ4v) is 2.50. The van der Waals surface area contributed by atoms with Crippen LogP contribution in [0.1, 0.15) is 18.1 Å². The Morgan fingerprint density at radius 1 is 1.24 bits per heavy atom. The second-order valence-electron chi connectivity index (χ2n) is 5.60. The normalized spacial score (nSPS) is 10.4. The number of carbonyl (C=O) groups is 1. The van der Waals surface area contributed by atoms with Crippen LogP contribution >= 0.6 is 0 Å². The number of hydrogen-bond donors (Lipinski definition) is 1. The summed E-state index contributed by atoms with van der Waals surface area (Å²) in [5.41, 5.74) is 8.35. The molecule has 2 rings (SSSR count). The number of nitrogens with zero attached hydrogens (tertiary/aromatic N) is 2. The number of esters is 1. The molecule has 0 bridgehead atoms. The van der Waals surface area contributed by atoms with Crippen molar-refractivity contribution in [2.45, 2.75) is 19.9 Å². The Morgan fingerprint density at radius 2 is 1.92 bits per heavy atom. The lowest BCUT2D eigenvalue weighted by molar-refractivity contribution is -0.142. The number of rotatable bonds is 7. The molecule has 0 heterocycles. The van der Waals surface area contributed by atoms with E-state index in [2.05, 4.69) is 5.18 Å². The predicted octanol–water partition coefficient (Wildman–Crippen LogP) is 3.55. The molecule has 0 fully saturated rings. The summed E-state index contributed by atoms with van der Waals surface area (Å²) in [4.78, 5) is 24.6. The Morgan fingerprint density at radius 3 is 2.52 bits per heavy atom. The summed E-state index contributed by atoms with van der Waals surface area (Å²) in [6.45, 7) is 2.46. The van der Waals surface area contributed by atoms with Crippen LogP contribution in [0.2, 0.25) is 0 Å². The largest absolute Gasteiger partial charge is 0.466 e. The van der Waals surface area contributed by atoms with Crippen LogP contribution in [0.25, 0.3) is 0 Å². The highest BCUT2D eigenvalue weighted by Gasteiger charge is 2.15. The Kier molecular flexibility index (Phi) is 6.05. The number of benzene rings is 2. The van der Waals surface area contributed by atoms with E-state index in [9.17, 15) is 14.1 Å². The number of halogens is 1. The molecule has 0 radical (unpaired) electrons. The highest BCUT2D eigenvalue weighted by Crippen LogP contribution is 2.34. The van der Waals surface area contributed by atoms with Crippen molar-refractivity contribution in [2.24, 2.45) is 5.18 Å². The van der Waals surface area contributed by atoms with Gasteiger partial charge in [0.05, 0.1) is 24.4 Å². The second kappa shape index (κ2) is 8.23. The Hall–Kier alpha value is -2.96. The molecule has 2 aromatic carbocycles. The summed E-state index contributed by atoms with van der Waals surface area (Å²) in [6.07, 6.45) is 0.0219. The topological polar surface area (TPSA) is 85.0 Å². The monoisotopic (exact) mass is 345 g/mol. The van der Waals surface area contributed by atoms with Crippen molar-refractivity contribution in [3.05, 3.63) is 58.2 Å². The van der Waals surface area contributed by atoms with Crippen LogP contribution in [0.3, 0.4) is 0 Å². The lowest BCUT2D eigenvalue weighted by atomic mass is 10.1. The third-order valence-corrected chi connectivity index (χ3v) is 3.69. The fourth-order valence-electron chi connectivity index (χ4n) is 2.50.